The number of nitrogens with one attached hydrogen (secondary N) is 5. The summed E-state index contributed by atoms with van der Waals surface area (Å²) in [5, 5.41) is 3.31. The van der Waals surface area contributed by atoms with Gasteiger partial charge in [-0.2, -0.15) is 11.1 Å². The van der Waals surface area contributed by atoms with Gasteiger partial charge in [-0.05, 0) is 37.1 Å². The highest BCUT2D eigenvalue weighted by Crippen LogP contribution is 2.29. The monoisotopic (exact) mass is 343 g/mol. The second-order valence-electron chi connectivity index (χ2n) is 5.84. The highest BCUT2D eigenvalue weighted by atomic mass is 16.5. The summed E-state index contributed by atoms with van der Waals surface area (Å²) < 4.78 is 11.7. The topological polar surface area (TPSA) is 78.6 Å². The molecule has 7 heteroatoms. The molecule has 25 heavy (non-hydrogen) atoms. The van der Waals surface area contributed by atoms with Crippen molar-refractivity contribution in [1.29, 1.82) is 0 Å². The van der Waals surface area contributed by atoms with Crippen molar-refractivity contribution in [2.24, 2.45) is 0 Å². The number of ether oxygens (including phenoxy) is 2. The number of rotatable bonds is 8. The first kappa shape index (κ1) is 17.7. The number of hydrogen-bond acceptors (Lipinski definition) is 7. The van der Waals surface area contributed by atoms with Crippen molar-refractivity contribution in [3.05, 3.63) is 59.2 Å². The van der Waals surface area contributed by atoms with Crippen LogP contribution in [0.4, 0.5) is 0 Å². The first-order chi connectivity index (χ1) is 12.2. The Hall–Kier alpha value is -2.16. The van der Waals surface area contributed by atoms with Crippen LogP contribution >= 0.6 is 0 Å². The molecule has 0 unspecified atom stereocenters. The molecular formula is C18H25N5O2. The summed E-state index contributed by atoms with van der Waals surface area (Å²) in [6.45, 7) is 5.85. The summed E-state index contributed by atoms with van der Waals surface area (Å²) in [7, 11) is 0. The van der Waals surface area contributed by atoms with Crippen LogP contribution in [-0.4, -0.2) is 12.9 Å². The van der Waals surface area contributed by atoms with Crippen molar-refractivity contribution < 1.29 is 9.47 Å². The molecule has 3 rings (SSSR count). The lowest BCUT2D eigenvalue weighted by Crippen LogP contribution is -2.46. The van der Waals surface area contributed by atoms with E-state index in [1.54, 1.807) is 0 Å². The minimum absolute atomic E-state index is 0.0481. The van der Waals surface area contributed by atoms with E-state index in [4.69, 9.17) is 9.47 Å². The van der Waals surface area contributed by atoms with Crippen LogP contribution in [0.25, 0.3) is 0 Å². The summed E-state index contributed by atoms with van der Waals surface area (Å²) in [5.74, 6) is 1.52. The first-order valence-corrected chi connectivity index (χ1v) is 8.43. The van der Waals surface area contributed by atoms with Gasteiger partial charge in [-0.1, -0.05) is 35.9 Å². The lowest BCUT2D eigenvalue weighted by atomic mass is 10.1. The van der Waals surface area contributed by atoms with Crippen molar-refractivity contribution in [2.75, 3.05) is 6.61 Å². The predicted octanol–water partition coefficient (Wildman–Crippen LogP) is 1.46. The van der Waals surface area contributed by atoms with Crippen LogP contribution in [0, 0.1) is 6.92 Å². The van der Waals surface area contributed by atoms with E-state index in [1.165, 1.54) is 5.56 Å². The zero-order chi connectivity index (χ0) is 17.5. The lowest BCUT2D eigenvalue weighted by Gasteiger charge is -2.15. The van der Waals surface area contributed by atoms with E-state index in [0.717, 1.165) is 22.6 Å². The normalized spacial score (nSPS) is 14.6. The number of aryl methyl sites for hydroxylation is 1. The second kappa shape index (κ2) is 8.80. The molecule has 1 aliphatic heterocycles. The molecule has 1 fully saturated rings. The van der Waals surface area contributed by atoms with Gasteiger partial charge in [-0.3, -0.25) is 5.32 Å². The number of benzene rings is 2. The first-order valence-electron chi connectivity index (χ1n) is 8.43. The van der Waals surface area contributed by atoms with Gasteiger partial charge < -0.3 is 9.47 Å². The quantitative estimate of drug-likeness (QED) is 0.497. The van der Waals surface area contributed by atoms with Gasteiger partial charge in [0.2, 0.25) is 0 Å². The molecule has 0 saturated carbocycles. The third-order valence-electron chi connectivity index (χ3n) is 3.83. The maximum atomic E-state index is 5.96. The summed E-state index contributed by atoms with van der Waals surface area (Å²) in [4.78, 5) is 0. The maximum absolute atomic E-state index is 5.96. The Balaban J connectivity index is 1.62. The zero-order valence-corrected chi connectivity index (χ0v) is 14.6. The van der Waals surface area contributed by atoms with Gasteiger partial charge in [-0.15, -0.1) is 0 Å². The SMILES string of the molecule is CCOc1cc(CNC2NNNN2)ccc1OCc1ccc(C)cc1. The fourth-order valence-electron chi connectivity index (χ4n) is 2.47. The van der Waals surface area contributed by atoms with Crippen LogP contribution in [0.5, 0.6) is 11.5 Å². The van der Waals surface area contributed by atoms with Crippen molar-refractivity contribution in [1.82, 2.24) is 27.2 Å². The Kier molecular flexibility index (Phi) is 6.21. The Labute approximate surface area is 148 Å². The minimum atomic E-state index is -0.0481. The summed E-state index contributed by atoms with van der Waals surface area (Å²) in [5.41, 5.74) is 15.0. The van der Waals surface area contributed by atoms with E-state index >= 15 is 0 Å². The molecule has 134 valence electrons. The van der Waals surface area contributed by atoms with Crippen molar-refractivity contribution in [2.45, 2.75) is 33.3 Å². The molecule has 0 aromatic heterocycles. The molecule has 0 atom stereocenters. The van der Waals surface area contributed by atoms with Gasteiger partial charge in [0.05, 0.1) is 6.61 Å². The Bertz CT molecular complexity index is 672. The molecule has 1 saturated heterocycles. The molecule has 1 aliphatic rings. The third-order valence-corrected chi connectivity index (χ3v) is 3.83. The Morgan fingerprint density at radius 2 is 1.64 bits per heavy atom. The number of hydrazine groups is 3. The molecule has 0 radical (unpaired) electrons. The van der Waals surface area contributed by atoms with Crippen LogP contribution in [0.1, 0.15) is 23.6 Å². The molecule has 1 heterocycles. The van der Waals surface area contributed by atoms with E-state index in [1.807, 2.05) is 25.1 Å². The maximum Gasteiger partial charge on any atom is 0.161 e. The van der Waals surface area contributed by atoms with Gasteiger partial charge in [0.25, 0.3) is 0 Å². The van der Waals surface area contributed by atoms with E-state index in [0.29, 0.717) is 19.8 Å². The van der Waals surface area contributed by atoms with Gasteiger partial charge in [-0.25, -0.2) is 10.9 Å². The van der Waals surface area contributed by atoms with Crippen LogP contribution < -0.4 is 36.7 Å². The molecule has 2 aromatic rings. The summed E-state index contributed by atoms with van der Waals surface area (Å²) in [6.07, 6.45) is -0.0481. The standard InChI is InChI=1S/C18H25N5O2/c1-3-24-17-10-15(11-19-18-20-22-23-21-18)8-9-16(17)25-12-14-6-4-13(2)5-7-14/h4-10,18-23H,3,11-12H2,1-2H3. The average molecular weight is 343 g/mol. The average Bonchev–Trinajstić information content (AvgIpc) is 3.14. The van der Waals surface area contributed by atoms with Crippen molar-refractivity contribution in [3.8, 4) is 11.5 Å². The predicted molar refractivity (Wildman–Crippen MR) is 96.3 cm³/mol. The third kappa shape index (κ3) is 5.15. The van der Waals surface area contributed by atoms with Crippen molar-refractivity contribution >= 4 is 0 Å². The van der Waals surface area contributed by atoms with E-state index < -0.39 is 0 Å². The van der Waals surface area contributed by atoms with Crippen molar-refractivity contribution in [3.63, 3.8) is 0 Å². The second-order valence-corrected chi connectivity index (χ2v) is 5.84. The van der Waals surface area contributed by atoms with Crippen LogP contribution in [0.2, 0.25) is 0 Å². The Morgan fingerprint density at radius 3 is 2.36 bits per heavy atom. The molecule has 2 aromatic carbocycles. The fraction of sp³-hybridized carbons (Fsp3) is 0.333. The zero-order valence-electron chi connectivity index (χ0n) is 14.6. The fourth-order valence-corrected chi connectivity index (χ4v) is 2.47. The van der Waals surface area contributed by atoms with Gasteiger partial charge in [0, 0.05) is 6.54 Å². The summed E-state index contributed by atoms with van der Waals surface area (Å²) in [6, 6.07) is 14.3. The molecule has 0 bridgehead atoms. The minimum Gasteiger partial charge on any atom is -0.490 e. The molecular weight excluding hydrogens is 318 g/mol. The lowest BCUT2D eigenvalue weighted by molar-refractivity contribution is 0.269. The van der Waals surface area contributed by atoms with Gasteiger partial charge in [0.1, 0.15) is 12.9 Å². The molecule has 0 amide bonds. The number of hydrogen-bond donors (Lipinski definition) is 5. The van der Waals surface area contributed by atoms with E-state index in [-0.39, 0.29) is 6.29 Å². The smallest absolute Gasteiger partial charge is 0.161 e. The summed E-state index contributed by atoms with van der Waals surface area (Å²) >= 11 is 0. The Morgan fingerprint density at radius 1 is 0.920 bits per heavy atom. The highest BCUT2D eigenvalue weighted by Gasteiger charge is 2.12. The van der Waals surface area contributed by atoms with Gasteiger partial charge in [0.15, 0.2) is 11.5 Å². The van der Waals surface area contributed by atoms with Crippen LogP contribution in [0.15, 0.2) is 42.5 Å². The van der Waals surface area contributed by atoms with Crippen LogP contribution in [-0.2, 0) is 13.2 Å². The molecule has 0 spiro atoms. The highest BCUT2D eigenvalue weighted by molar-refractivity contribution is 5.43. The van der Waals surface area contributed by atoms with E-state index in [9.17, 15) is 0 Å². The molecule has 7 nitrogen and oxygen atoms in total. The van der Waals surface area contributed by atoms with E-state index in [2.05, 4.69) is 58.4 Å². The van der Waals surface area contributed by atoms with Crippen LogP contribution in [0.3, 0.4) is 0 Å². The van der Waals surface area contributed by atoms with Gasteiger partial charge >= 0.3 is 0 Å². The largest absolute Gasteiger partial charge is 0.490 e. The molecule has 5 N–H and O–H groups in total. The molecule has 0 aliphatic carbocycles.